The van der Waals surface area contributed by atoms with Crippen molar-refractivity contribution in [2.45, 2.75) is 252 Å². The molecule has 8 aliphatic carbocycles. The topological polar surface area (TPSA) is 31.4 Å². The molecule has 4 aliphatic heterocycles. The number of hydrogen-bond acceptors (Lipinski definition) is 6. The summed E-state index contributed by atoms with van der Waals surface area (Å²) in [5.74, 6) is 6.54. The Morgan fingerprint density at radius 3 is 0.903 bits per heavy atom. The number of aryl methyl sites for hydroxylation is 2. The van der Waals surface area contributed by atoms with Crippen molar-refractivity contribution in [3.05, 3.63) is 306 Å². The van der Waals surface area contributed by atoms with Gasteiger partial charge in [-0.3, -0.25) is 0 Å². The van der Waals surface area contributed by atoms with Gasteiger partial charge in [0.2, 0.25) is 0 Å². The van der Waals surface area contributed by atoms with Crippen LogP contribution in [0, 0.1) is 90.9 Å². The molecule has 0 radical (unpaired) electrons. The van der Waals surface area contributed by atoms with E-state index in [2.05, 4.69) is 370 Å². The Kier molecular flexibility index (Phi) is 34.4. The number of para-hydroxylation sites is 4. The van der Waals surface area contributed by atoms with E-state index in [1.165, 1.54) is 103 Å². The number of rotatable bonds is 24. The molecule has 0 spiro atoms. The Balaban J connectivity index is 0.000000220. The molecule has 664 valence electrons. The summed E-state index contributed by atoms with van der Waals surface area (Å²) in [6.45, 7) is 41.0. The van der Waals surface area contributed by atoms with Crippen molar-refractivity contribution in [2.75, 3.05) is 45.1 Å². The van der Waals surface area contributed by atoms with Crippen LogP contribution in [-0.4, -0.2) is 93.2 Å². The van der Waals surface area contributed by atoms with E-state index in [0.717, 1.165) is 19.6 Å². The summed E-state index contributed by atoms with van der Waals surface area (Å²) >= 11 is -1.65. The molecule has 0 saturated heterocycles. The minimum absolute atomic E-state index is 0. The predicted octanol–water partition coefficient (Wildman–Crippen LogP) is 31.3. The van der Waals surface area contributed by atoms with Gasteiger partial charge in [-0.15, -0.1) is 0 Å². The van der Waals surface area contributed by atoms with Crippen LogP contribution in [0.15, 0.2) is 243 Å². The Morgan fingerprint density at radius 1 is 0.323 bits per heavy atom. The van der Waals surface area contributed by atoms with E-state index < -0.39 is 74.0 Å². The van der Waals surface area contributed by atoms with E-state index in [4.69, 9.17) is 43.5 Å². The van der Waals surface area contributed by atoms with E-state index in [9.17, 15) is 0 Å². The molecule has 0 N–H and O–H groups in total. The van der Waals surface area contributed by atoms with Crippen molar-refractivity contribution in [1.82, 2.24) is 0 Å². The van der Waals surface area contributed by atoms with E-state index >= 15 is 0 Å². The minimum atomic E-state index is -2.22. The SMILES string of the molecule is CC(C)(C)OCCCCCC[Si](C)(C1C2C=CC=CC2C2C1c1ccccc1N2c1ccccc1)C1C2C=CC=CC2C2C1c1ccccc1N2c1ccccc1.Cc1ccc2c(c1)C1C(C3C=CC=CC3C1[Si](C)(CCCCCCOC(C)(C)C)C1C3C=CC=CC3C3C1c1cc(C)ccc1N3C[Si](C)(C)C)N2C[Si](C)(C)C.[CH3-].[CH3-].[CH3-].[CH3-].[Cl][Zr+2][Cl].[Cl][Zr+2][Cl]. The van der Waals surface area contributed by atoms with Gasteiger partial charge >= 0.3 is 75.7 Å². The second kappa shape index (κ2) is 42.4. The molecule has 6 aromatic rings. The van der Waals surface area contributed by atoms with Crippen LogP contribution in [0.25, 0.3) is 0 Å². The summed E-state index contributed by atoms with van der Waals surface area (Å²) < 4.78 is 12.4. The van der Waals surface area contributed by atoms with Crippen LogP contribution in [-0.2, 0) is 51.2 Å². The molecule has 6 nitrogen and oxygen atoms in total. The molecule has 4 fully saturated rings. The Labute approximate surface area is 794 Å². The molecule has 4 saturated carbocycles. The normalized spacial score (nSPS) is 29.1. The van der Waals surface area contributed by atoms with Gasteiger partial charge in [-0.1, -0.05) is 308 Å². The van der Waals surface area contributed by atoms with Crippen LogP contribution in [0.5, 0.6) is 0 Å². The second-order valence-corrected chi connectivity index (χ2v) is 70.3. The summed E-state index contributed by atoms with van der Waals surface area (Å²) in [5.41, 5.74) is 20.7. The molecular weight excluding hydrogens is 1820 g/mol. The van der Waals surface area contributed by atoms with Gasteiger partial charge in [0.1, 0.15) is 0 Å². The maximum atomic E-state index is 6.20. The number of hydrogen-bond donors (Lipinski definition) is 0. The molecule has 20 atom stereocenters. The first-order valence-electron chi connectivity index (χ1n) is 45.8. The van der Waals surface area contributed by atoms with Crippen LogP contribution in [0.1, 0.15) is 150 Å². The fourth-order valence-electron chi connectivity index (χ4n) is 26.5. The quantitative estimate of drug-likeness (QED) is 0.0341. The maximum absolute atomic E-state index is 6.20. The van der Waals surface area contributed by atoms with Gasteiger partial charge < -0.3 is 58.8 Å². The van der Waals surface area contributed by atoms with Gasteiger partial charge in [-0.25, -0.2) is 0 Å². The first-order chi connectivity index (χ1) is 57.5. The van der Waals surface area contributed by atoms with Gasteiger partial charge in [0.25, 0.3) is 0 Å². The summed E-state index contributed by atoms with van der Waals surface area (Å²) in [6.07, 6.45) is 53.3. The number of allylic oxidation sites excluding steroid dienone is 12. The van der Waals surface area contributed by atoms with Crippen molar-refractivity contribution in [1.29, 1.82) is 0 Å². The summed E-state index contributed by atoms with van der Waals surface area (Å²) in [7, 11) is 12.5. The zero-order valence-corrected chi connectivity index (χ0v) is 90.6. The van der Waals surface area contributed by atoms with Gasteiger partial charge in [0, 0.05) is 131 Å². The Morgan fingerprint density at radius 2 is 0.597 bits per heavy atom. The fraction of sp³-hybridized carbons (Fsp3) is 0.481. The first-order valence-corrected chi connectivity index (χ1v) is 71.6. The third-order valence-corrected chi connectivity index (χ3v) is 44.5. The first kappa shape index (κ1) is 101. The number of anilines is 6. The van der Waals surface area contributed by atoms with Crippen LogP contribution in [0.2, 0.25) is 86.6 Å². The Hall–Kier alpha value is -3.85. The van der Waals surface area contributed by atoms with Crippen molar-refractivity contribution < 1.29 is 51.2 Å². The number of fused-ring (bicyclic) bond motifs is 20. The average molecular weight is 1970 g/mol. The average Bonchev–Trinajstić information content (AvgIpc) is 1.52. The third kappa shape index (κ3) is 20.4. The van der Waals surface area contributed by atoms with Gasteiger partial charge in [0.05, 0.1) is 43.5 Å². The number of ether oxygens (including phenoxy) is 2. The van der Waals surface area contributed by atoms with Crippen LogP contribution in [0.3, 0.4) is 0 Å². The number of nitrogens with zero attached hydrogens (tertiary/aromatic N) is 4. The molecule has 4 heterocycles. The summed E-state index contributed by atoms with van der Waals surface area (Å²) in [4.78, 5) is 11.5. The van der Waals surface area contributed by atoms with Gasteiger partial charge in [-0.05, 0) is 185 Å². The zero-order valence-electron chi connectivity index (χ0n) is 78.7. The van der Waals surface area contributed by atoms with Crippen LogP contribution >= 0.6 is 34.1 Å². The molecule has 12 aliphatic rings. The second-order valence-electron chi connectivity index (χ2n) is 42.3. The van der Waals surface area contributed by atoms with Crippen LogP contribution in [0.4, 0.5) is 34.1 Å². The molecule has 0 bridgehead atoms. The van der Waals surface area contributed by atoms with Gasteiger partial charge in [-0.2, -0.15) is 0 Å². The van der Waals surface area contributed by atoms with Crippen LogP contribution < -0.4 is 19.6 Å². The Bertz CT molecular complexity index is 4510. The monoisotopic (exact) mass is 1960 g/mol. The molecule has 6 aromatic carbocycles. The zero-order chi connectivity index (χ0) is 84.8. The molecule has 16 heteroatoms. The van der Waals surface area contributed by atoms with Gasteiger partial charge in [0.15, 0.2) is 0 Å². The van der Waals surface area contributed by atoms with Crippen molar-refractivity contribution >= 4 is 100 Å². The fourth-order valence-corrected chi connectivity index (χ4v) is 43.2. The van der Waals surface area contributed by atoms with E-state index in [1.807, 2.05) is 0 Å². The molecular formula is C108H148Cl4N4O2Si4Zr2. The third-order valence-electron chi connectivity index (χ3n) is 30.0. The van der Waals surface area contributed by atoms with E-state index in [1.54, 1.807) is 33.6 Å². The van der Waals surface area contributed by atoms with Crippen molar-refractivity contribution in [3.63, 3.8) is 0 Å². The van der Waals surface area contributed by atoms with Crippen molar-refractivity contribution in [3.8, 4) is 0 Å². The van der Waals surface area contributed by atoms with E-state index in [0.29, 0.717) is 117 Å². The van der Waals surface area contributed by atoms with E-state index in [-0.39, 0.29) is 40.9 Å². The number of benzene rings is 6. The molecule has 124 heavy (non-hydrogen) atoms. The molecule has 18 rings (SSSR count). The molecule has 20 unspecified atom stereocenters. The van der Waals surface area contributed by atoms with Crippen molar-refractivity contribution in [2.24, 2.45) is 47.3 Å². The standard InChI is InChI=1S/C53H60N2OSi.C51H76N2OSi3.4CH3.4ClH.2Zr/c1-53(2,3)56-35-21-5-6-22-36-57(4,51-41-29-15-13-27-39(41)49-47(51)43-31-17-19-33-45(43)54(49)37-23-9-7-10-24-37)52-42-30-16-14-28-40(42)50-48(52)44-32-18-20-34-46(44)55(50)38-25-11-8-12-26-38;1-35-25-27-43-41(31-35)45-47(52(43)33-55(6,7)8)37-21-15-17-23-39(37)49(45)57(12,30-20-14-13-19-29-54-51(3,4)5)50-40-24-18-16-22-38(40)48-46(50)42-32-36(2)26-28-44(42)53(48)34-56(9,10)11;;;;;;;;;;/h7-20,23-34,39-42,47-52H,5-6,21-22,35-36H2,1-4H3;15-18,21-28,31-32,37-40,45-50H,13-14,19-20,29-30,33-34H2,1-12H3;4*1H3;4*1H;;/q;;4*-1;;;;;2*+4/p-4. The summed E-state index contributed by atoms with van der Waals surface area (Å²) in [6, 6.07) is 61.7. The summed E-state index contributed by atoms with van der Waals surface area (Å²) in [5, 5.41) is 0. The predicted molar refractivity (Wildman–Crippen MR) is 546 cm³/mol. The molecule has 0 amide bonds. The number of halogens is 4. The number of unbranched alkanes of at least 4 members (excludes halogenated alkanes) is 6. The molecule has 0 aromatic heterocycles.